The number of nitrogens with zero attached hydrogens (tertiary/aromatic N) is 3. The minimum absolute atomic E-state index is 0. The molecule has 6 nitrogen and oxygen atoms in total. The van der Waals surface area contributed by atoms with Gasteiger partial charge in [0, 0.05) is 52.9 Å². The van der Waals surface area contributed by atoms with Crippen molar-refractivity contribution in [3.8, 4) is 0 Å². The summed E-state index contributed by atoms with van der Waals surface area (Å²) >= 11 is 0. The zero-order chi connectivity index (χ0) is 20.3. The Labute approximate surface area is 199 Å². The van der Waals surface area contributed by atoms with Gasteiger partial charge in [-0.3, -0.25) is 9.89 Å². The Hall–Kier alpha value is -0.900. The number of likely N-dealkylation sites (tertiary alicyclic amines) is 2. The Morgan fingerprint density at radius 2 is 1.70 bits per heavy atom. The first-order valence-electron chi connectivity index (χ1n) is 11.2. The Morgan fingerprint density at radius 1 is 1.03 bits per heavy atom. The predicted molar refractivity (Wildman–Crippen MR) is 136 cm³/mol. The lowest BCUT2D eigenvalue weighted by molar-refractivity contribution is 0.120. The molecule has 7 heteroatoms. The third-order valence-corrected chi connectivity index (χ3v) is 6.28. The van der Waals surface area contributed by atoms with Crippen molar-refractivity contribution >= 4 is 29.9 Å². The Morgan fingerprint density at radius 3 is 2.33 bits per heavy atom. The maximum absolute atomic E-state index is 5.19. The van der Waals surface area contributed by atoms with Gasteiger partial charge >= 0.3 is 0 Å². The van der Waals surface area contributed by atoms with Crippen molar-refractivity contribution in [3.63, 3.8) is 0 Å². The smallest absolute Gasteiger partial charge is 0.191 e. The summed E-state index contributed by atoms with van der Waals surface area (Å²) in [7, 11) is 3.66. The summed E-state index contributed by atoms with van der Waals surface area (Å²) in [5, 5.41) is 7.23. The molecule has 0 aliphatic carbocycles. The van der Waals surface area contributed by atoms with E-state index >= 15 is 0 Å². The van der Waals surface area contributed by atoms with Gasteiger partial charge in [-0.2, -0.15) is 0 Å². The number of aliphatic imine (C=N–C) groups is 1. The molecule has 2 fully saturated rings. The second kappa shape index (κ2) is 14.2. The van der Waals surface area contributed by atoms with Crippen LogP contribution in [0.1, 0.15) is 31.2 Å². The highest BCUT2D eigenvalue weighted by Gasteiger charge is 2.22. The number of guanidine groups is 1. The van der Waals surface area contributed by atoms with Crippen molar-refractivity contribution in [2.24, 2.45) is 10.9 Å². The highest BCUT2D eigenvalue weighted by atomic mass is 127. The van der Waals surface area contributed by atoms with Crippen LogP contribution in [0.3, 0.4) is 0 Å². The number of rotatable bonds is 8. The van der Waals surface area contributed by atoms with Crippen LogP contribution in [-0.2, 0) is 11.3 Å². The molecule has 2 heterocycles. The van der Waals surface area contributed by atoms with Crippen molar-refractivity contribution in [3.05, 3.63) is 35.9 Å². The Balaban J connectivity index is 0.00000320. The van der Waals surface area contributed by atoms with Crippen molar-refractivity contribution in [2.75, 3.05) is 60.0 Å². The molecule has 170 valence electrons. The lowest BCUT2D eigenvalue weighted by Gasteiger charge is -2.34. The maximum Gasteiger partial charge on any atom is 0.191 e. The quantitative estimate of drug-likeness (QED) is 0.308. The Bertz CT molecular complexity index is 599. The van der Waals surface area contributed by atoms with E-state index in [2.05, 4.69) is 55.8 Å². The average molecular weight is 530 g/mol. The van der Waals surface area contributed by atoms with Crippen LogP contribution in [0.4, 0.5) is 0 Å². The molecule has 3 rings (SSSR count). The molecule has 0 atom stereocenters. The summed E-state index contributed by atoms with van der Waals surface area (Å²) in [5.74, 6) is 1.70. The number of hydrogen-bond acceptors (Lipinski definition) is 4. The molecule has 2 saturated heterocycles. The molecule has 0 unspecified atom stereocenters. The molecule has 0 amide bonds. The highest BCUT2D eigenvalue weighted by molar-refractivity contribution is 14.0. The normalized spacial score (nSPS) is 20.0. The van der Waals surface area contributed by atoms with Crippen LogP contribution in [0.5, 0.6) is 0 Å². The Kier molecular flexibility index (Phi) is 12.0. The lowest BCUT2D eigenvalue weighted by atomic mass is 9.97. The molecule has 30 heavy (non-hydrogen) atoms. The van der Waals surface area contributed by atoms with E-state index in [0.717, 1.165) is 51.2 Å². The fourth-order valence-electron chi connectivity index (χ4n) is 4.34. The van der Waals surface area contributed by atoms with E-state index in [1.54, 1.807) is 7.11 Å². The maximum atomic E-state index is 5.19. The minimum Gasteiger partial charge on any atom is -0.383 e. The van der Waals surface area contributed by atoms with Crippen molar-refractivity contribution in [1.82, 2.24) is 20.4 Å². The summed E-state index contributed by atoms with van der Waals surface area (Å²) in [6, 6.07) is 11.3. The third-order valence-electron chi connectivity index (χ3n) is 6.28. The van der Waals surface area contributed by atoms with E-state index in [4.69, 9.17) is 4.74 Å². The van der Waals surface area contributed by atoms with Crippen molar-refractivity contribution in [1.29, 1.82) is 0 Å². The van der Waals surface area contributed by atoms with Gasteiger partial charge in [-0.05, 0) is 50.3 Å². The van der Waals surface area contributed by atoms with Gasteiger partial charge < -0.3 is 20.3 Å². The zero-order valence-electron chi connectivity index (χ0n) is 18.7. The van der Waals surface area contributed by atoms with Gasteiger partial charge in [0.05, 0.1) is 6.61 Å². The zero-order valence-corrected chi connectivity index (χ0v) is 21.0. The first kappa shape index (κ1) is 25.4. The van der Waals surface area contributed by atoms with Gasteiger partial charge in [-0.25, -0.2) is 0 Å². The molecule has 0 bridgehead atoms. The van der Waals surface area contributed by atoms with Crippen molar-refractivity contribution < 1.29 is 4.74 Å². The van der Waals surface area contributed by atoms with Crippen LogP contribution in [0.25, 0.3) is 0 Å². The lowest BCUT2D eigenvalue weighted by Crippen LogP contribution is -2.49. The monoisotopic (exact) mass is 529 g/mol. The average Bonchev–Trinajstić information content (AvgIpc) is 2.78. The van der Waals surface area contributed by atoms with Crippen LogP contribution in [0.2, 0.25) is 0 Å². The number of methoxy groups -OCH3 is 1. The number of nitrogens with one attached hydrogen (secondary N) is 2. The number of benzene rings is 1. The molecule has 0 saturated carbocycles. The summed E-state index contributed by atoms with van der Waals surface area (Å²) in [6.07, 6.45) is 4.86. The number of hydrogen-bond donors (Lipinski definition) is 2. The molecule has 2 aliphatic heterocycles. The van der Waals surface area contributed by atoms with Gasteiger partial charge in [0.15, 0.2) is 5.96 Å². The fraction of sp³-hybridized carbons (Fsp3) is 0.696. The van der Waals surface area contributed by atoms with E-state index in [0.29, 0.717) is 6.04 Å². The molecule has 0 spiro atoms. The van der Waals surface area contributed by atoms with Crippen LogP contribution >= 0.6 is 24.0 Å². The molecule has 2 N–H and O–H groups in total. The van der Waals surface area contributed by atoms with Crippen molar-refractivity contribution in [2.45, 2.75) is 38.3 Å². The van der Waals surface area contributed by atoms with Crippen LogP contribution in [0.15, 0.2) is 35.3 Å². The summed E-state index contributed by atoms with van der Waals surface area (Å²) in [5.41, 5.74) is 1.41. The number of ether oxygens (including phenoxy) is 1. The molecule has 1 aromatic rings. The van der Waals surface area contributed by atoms with Crippen LogP contribution in [-0.4, -0.2) is 81.8 Å². The molecular formula is C23H40IN5O. The predicted octanol–water partition coefficient (Wildman–Crippen LogP) is 2.79. The van der Waals surface area contributed by atoms with E-state index in [-0.39, 0.29) is 24.0 Å². The van der Waals surface area contributed by atoms with Gasteiger partial charge in [0.2, 0.25) is 0 Å². The first-order valence-corrected chi connectivity index (χ1v) is 11.2. The third kappa shape index (κ3) is 8.69. The summed E-state index contributed by atoms with van der Waals surface area (Å²) in [4.78, 5) is 9.53. The van der Waals surface area contributed by atoms with E-state index < -0.39 is 0 Å². The summed E-state index contributed by atoms with van der Waals surface area (Å²) in [6.45, 7) is 8.62. The van der Waals surface area contributed by atoms with E-state index in [1.165, 1.54) is 44.3 Å². The molecule has 0 radical (unpaired) electrons. The summed E-state index contributed by atoms with van der Waals surface area (Å²) < 4.78 is 5.19. The fourth-order valence-corrected chi connectivity index (χ4v) is 4.34. The minimum atomic E-state index is 0. The molecule has 1 aromatic carbocycles. The molecule has 2 aliphatic rings. The second-order valence-electron chi connectivity index (χ2n) is 8.41. The van der Waals surface area contributed by atoms with E-state index in [9.17, 15) is 0 Å². The van der Waals surface area contributed by atoms with E-state index in [1.807, 2.05) is 7.05 Å². The first-order chi connectivity index (χ1) is 14.3. The largest absolute Gasteiger partial charge is 0.383 e. The van der Waals surface area contributed by atoms with Crippen LogP contribution < -0.4 is 10.6 Å². The number of piperidine rings is 2. The molecular weight excluding hydrogens is 489 g/mol. The topological polar surface area (TPSA) is 52.1 Å². The van der Waals surface area contributed by atoms with Gasteiger partial charge in [0.1, 0.15) is 0 Å². The van der Waals surface area contributed by atoms with Gasteiger partial charge in [-0.1, -0.05) is 30.3 Å². The highest BCUT2D eigenvalue weighted by Crippen LogP contribution is 2.16. The van der Waals surface area contributed by atoms with Crippen LogP contribution in [0, 0.1) is 5.92 Å². The van der Waals surface area contributed by atoms with Gasteiger partial charge in [0.25, 0.3) is 0 Å². The molecule has 0 aromatic heterocycles. The second-order valence-corrected chi connectivity index (χ2v) is 8.41. The SMILES string of the molecule is CN=C(NCC1CCN(CCOC)CC1)NC1CCN(Cc2ccccc2)CC1.I. The standard InChI is InChI=1S/C23H39N5O.HI/c1-24-23(25-18-20-8-12-27(13-9-20)16-17-29-2)26-22-10-14-28(15-11-22)19-21-6-4-3-5-7-21;/h3-7,20,22H,8-19H2,1-2H3,(H2,24,25,26);1H. The number of halogens is 1. The van der Waals surface area contributed by atoms with Gasteiger partial charge in [-0.15, -0.1) is 24.0 Å².